The number of hydrogen-bond donors (Lipinski definition) is 0. The number of rotatable bonds is 2. The molecule has 22 heavy (non-hydrogen) atoms. The van der Waals surface area contributed by atoms with E-state index in [1.807, 2.05) is 6.92 Å². The van der Waals surface area contributed by atoms with Crippen molar-refractivity contribution in [3.8, 4) is 0 Å². The highest BCUT2D eigenvalue weighted by molar-refractivity contribution is 5.92. The van der Waals surface area contributed by atoms with Crippen molar-refractivity contribution >= 4 is 5.91 Å². The number of alkyl halides is 1. The number of aromatic nitrogens is 4. The second-order valence-electron chi connectivity index (χ2n) is 5.74. The molecule has 0 spiro atoms. The van der Waals surface area contributed by atoms with E-state index >= 15 is 4.39 Å². The minimum absolute atomic E-state index is 0.0558. The topological polar surface area (TPSA) is 77.0 Å². The summed E-state index contributed by atoms with van der Waals surface area (Å²) in [6, 6.07) is 1.70. The zero-order valence-corrected chi connectivity index (χ0v) is 12.8. The standard InChI is InChI=1S/C14H18FN5O2/c1-9-7-11(17-19(9)3)12(21)20-6-4-5-14(15,8-20)13-16-10(2)18-22-13/h7H,4-6,8H2,1-3H3. The molecule has 1 atom stereocenters. The van der Waals surface area contributed by atoms with Crippen molar-refractivity contribution in [1.82, 2.24) is 24.8 Å². The second-order valence-corrected chi connectivity index (χ2v) is 5.74. The quantitative estimate of drug-likeness (QED) is 0.840. The minimum atomic E-state index is -1.79. The third kappa shape index (κ3) is 2.49. The van der Waals surface area contributed by atoms with Gasteiger partial charge in [0.25, 0.3) is 11.8 Å². The van der Waals surface area contributed by atoms with Gasteiger partial charge in [0.1, 0.15) is 0 Å². The van der Waals surface area contributed by atoms with Gasteiger partial charge in [-0.2, -0.15) is 10.1 Å². The van der Waals surface area contributed by atoms with E-state index in [4.69, 9.17) is 4.52 Å². The van der Waals surface area contributed by atoms with Crippen molar-refractivity contribution in [3.05, 3.63) is 29.2 Å². The van der Waals surface area contributed by atoms with Crippen molar-refractivity contribution in [2.45, 2.75) is 32.4 Å². The first-order valence-corrected chi connectivity index (χ1v) is 7.19. The molecular weight excluding hydrogens is 289 g/mol. The highest BCUT2D eigenvalue weighted by Gasteiger charge is 2.44. The molecule has 3 rings (SSSR count). The van der Waals surface area contributed by atoms with Gasteiger partial charge in [-0.15, -0.1) is 0 Å². The molecule has 118 valence electrons. The number of nitrogens with zero attached hydrogens (tertiary/aromatic N) is 5. The molecule has 0 aliphatic carbocycles. The van der Waals surface area contributed by atoms with Gasteiger partial charge in [0.05, 0.1) is 6.54 Å². The first-order valence-electron chi connectivity index (χ1n) is 7.19. The monoisotopic (exact) mass is 307 g/mol. The Balaban J connectivity index is 1.82. The van der Waals surface area contributed by atoms with E-state index in [1.54, 1.807) is 24.7 Å². The van der Waals surface area contributed by atoms with Gasteiger partial charge in [0.15, 0.2) is 11.5 Å². The van der Waals surface area contributed by atoms with Gasteiger partial charge in [-0.25, -0.2) is 4.39 Å². The first-order chi connectivity index (χ1) is 10.4. The van der Waals surface area contributed by atoms with Crippen LogP contribution in [0.4, 0.5) is 4.39 Å². The molecule has 1 unspecified atom stereocenters. The Morgan fingerprint density at radius 2 is 2.23 bits per heavy atom. The molecule has 1 aliphatic rings. The molecule has 1 aliphatic heterocycles. The van der Waals surface area contributed by atoms with Crippen LogP contribution >= 0.6 is 0 Å². The number of likely N-dealkylation sites (tertiary alicyclic amines) is 1. The van der Waals surface area contributed by atoms with Crippen molar-refractivity contribution < 1.29 is 13.7 Å². The number of halogens is 1. The van der Waals surface area contributed by atoms with E-state index in [0.29, 0.717) is 24.5 Å². The van der Waals surface area contributed by atoms with E-state index in [-0.39, 0.29) is 24.8 Å². The van der Waals surface area contributed by atoms with Crippen LogP contribution in [-0.2, 0) is 12.7 Å². The average molecular weight is 307 g/mol. The van der Waals surface area contributed by atoms with Crippen molar-refractivity contribution in [2.75, 3.05) is 13.1 Å². The third-order valence-corrected chi connectivity index (χ3v) is 3.97. The van der Waals surface area contributed by atoms with Crippen LogP contribution in [0.1, 0.15) is 40.7 Å². The van der Waals surface area contributed by atoms with Crippen LogP contribution in [0.15, 0.2) is 10.6 Å². The summed E-state index contributed by atoms with van der Waals surface area (Å²) in [6.07, 6.45) is 0.801. The SMILES string of the molecule is Cc1noc(C2(F)CCCN(C(=O)c3cc(C)n(C)n3)C2)n1. The largest absolute Gasteiger partial charge is 0.336 e. The molecule has 3 heterocycles. The summed E-state index contributed by atoms with van der Waals surface area (Å²) in [5.74, 6) is 0.0530. The lowest BCUT2D eigenvalue weighted by atomic mass is 9.94. The fourth-order valence-corrected chi connectivity index (χ4v) is 2.66. The predicted octanol–water partition coefficient (Wildman–Crippen LogP) is 1.52. The molecule has 1 amide bonds. The number of hydrogen-bond acceptors (Lipinski definition) is 5. The maximum atomic E-state index is 15.1. The average Bonchev–Trinajstić information content (AvgIpc) is 3.05. The van der Waals surface area contributed by atoms with E-state index in [1.165, 1.54) is 4.90 Å². The van der Waals surface area contributed by atoms with Gasteiger partial charge < -0.3 is 9.42 Å². The Kier molecular flexibility index (Phi) is 3.46. The van der Waals surface area contributed by atoms with Crippen LogP contribution < -0.4 is 0 Å². The molecule has 0 radical (unpaired) electrons. The summed E-state index contributed by atoms with van der Waals surface area (Å²) in [6.45, 7) is 3.90. The Morgan fingerprint density at radius 3 is 2.82 bits per heavy atom. The molecule has 0 bridgehead atoms. The van der Waals surface area contributed by atoms with Gasteiger partial charge in [0.2, 0.25) is 5.67 Å². The number of piperidine rings is 1. The molecule has 2 aromatic heterocycles. The smallest absolute Gasteiger partial charge is 0.274 e. The molecular formula is C14H18FN5O2. The lowest BCUT2D eigenvalue weighted by Gasteiger charge is -2.34. The van der Waals surface area contributed by atoms with Crippen LogP contribution in [0.5, 0.6) is 0 Å². The van der Waals surface area contributed by atoms with E-state index in [0.717, 1.165) is 5.69 Å². The predicted molar refractivity (Wildman–Crippen MR) is 74.9 cm³/mol. The van der Waals surface area contributed by atoms with Crippen LogP contribution in [0.25, 0.3) is 0 Å². The van der Waals surface area contributed by atoms with Gasteiger partial charge in [-0.3, -0.25) is 9.48 Å². The molecule has 8 heteroatoms. The highest BCUT2D eigenvalue weighted by atomic mass is 19.1. The normalized spacial score (nSPS) is 22.1. The van der Waals surface area contributed by atoms with Gasteiger partial charge in [-0.05, 0) is 32.8 Å². The number of carbonyl (C=O) groups is 1. The third-order valence-electron chi connectivity index (χ3n) is 3.97. The van der Waals surface area contributed by atoms with Crippen LogP contribution in [-0.4, -0.2) is 43.8 Å². The number of aryl methyl sites for hydroxylation is 3. The summed E-state index contributed by atoms with van der Waals surface area (Å²) in [5.41, 5.74) is -0.593. The molecule has 0 N–H and O–H groups in total. The molecule has 1 saturated heterocycles. The summed E-state index contributed by atoms with van der Waals surface area (Å²) in [5, 5.41) is 7.80. The Labute approximate surface area is 127 Å². The summed E-state index contributed by atoms with van der Waals surface area (Å²) in [7, 11) is 1.77. The lowest BCUT2D eigenvalue weighted by Crippen LogP contribution is -2.46. The van der Waals surface area contributed by atoms with Crippen molar-refractivity contribution in [2.24, 2.45) is 7.05 Å². The summed E-state index contributed by atoms with van der Waals surface area (Å²) in [4.78, 5) is 17.9. The van der Waals surface area contributed by atoms with Crippen molar-refractivity contribution in [1.29, 1.82) is 0 Å². The van der Waals surface area contributed by atoms with Gasteiger partial charge >= 0.3 is 0 Å². The fraction of sp³-hybridized carbons (Fsp3) is 0.571. The van der Waals surface area contributed by atoms with E-state index in [2.05, 4.69) is 15.2 Å². The highest BCUT2D eigenvalue weighted by Crippen LogP contribution is 2.35. The molecule has 0 aromatic carbocycles. The molecule has 2 aromatic rings. The lowest BCUT2D eigenvalue weighted by molar-refractivity contribution is 0.0149. The van der Waals surface area contributed by atoms with E-state index < -0.39 is 5.67 Å². The zero-order valence-electron chi connectivity index (χ0n) is 12.8. The van der Waals surface area contributed by atoms with Gasteiger partial charge in [-0.1, -0.05) is 5.16 Å². The van der Waals surface area contributed by atoms with E-state index in [9.17, 15) is 4.79 Å². The Morgan fingerprint density at radius 1 is 1.45 bits per heavy atom. The maximum Gasteiger partial charge on any atom is 0.274 e. The molecule has 7 nitrogen and oxygen atoms in total. The number of carbonyl (C=O) groups excluding carboxylic acids is 1. The minimum Gasteiger partial charge on any atom is -0.336 e. The Hall–Kier alpha value is -2.25. The van der Waals surface area contributed by atoms with Crippen LogP contribution in [0.2, 0.25) is 0 Å². The maximum absolute atomic E-state index is 15.1. The zero-order chi connectivity index (χ0) is 15.9. The first kappa shape index (κ1) is 14.7. The molecule has 1 fully saturated rings. The Bertz CT molecular complexity index is 690. The fourth-order valence-electron chi connectivity index (χ4n) is 2.66. The van der Waals surface area contributed by atoms with Gasteiger partial charge in [0, 0.05) is 19.3 Å². The van der Waals surface area contributed by atoms with Crippen LogP contribution in [0.3, 0.4) is 0 Å². The van der Waals surface area contributed by atoms with Crippen LogP contribution in [0, 0.1) is 13.8 Å². The number of amides is 1. The van der Waals surface area contributed by atoms with Crippen molar-refractivity contribution in [3.63, 3.8) is 0 Å². The summed E-state index contributed by atoms with van der Waals surface area (Å²) < 4.78 is 21.7. The summed E-state index contributed by atoms with van der Waals surface area (Å²) >= 11 is 0. The molecule has 0 saturated carbocycles. The second kappa shape index (κ2) is 5.19.